The molecule has 0 aliphatic carbocycles. The van der Waals surface area contributed by atoms with E-state index in [1.54, 1.807) is 0 Å². The summed E-state index contributed by atoms with van der Waals surface area (Å²) in [4.78, 5) is 0. The van der Waals surface area contributed by atoms with Crippen LogP contribution >= 0.6 is 0 Å². The van der Waals surface area contributed by atoms with Crippen LogP contribution in [0.1, 0.15) is 0 Å². The Morgan fingerprint density at radius 1 is 0.444 bits per heavy atom. The Kier molecular flexibility index (Phi) is 560. The molecule has 0 spiro atoms. The van der Waals surface area contributed by atoms with Crippen LogP contribution < -0.4 is 0 Å². The van der Waals surface area contributed by atoms with Crippen LogP contribution in [0.4, 0.5) is 0 Å². The third-order valence-electron chi connectivity index (χ3n) is 0. The zero-order valence-electron chi connectivity index (χ0n) is 4.14. The second-order valence-corrected chi connectivity index (χ2v) is 0. The second-order valence-electron chi connectivity index (χ2n) is 0. The van der Waals surface area contributed by atoms with E-state index >= 15 is 0 Å². The van der Waals surface area contributed by atoms with E-state index in [9.17, 15) is 0 Å². The fourth-order valence-electron chi connectivity index (χ4n) is 0. The molecule has 0 rings (SSSR count). The molecular formula is C4N4Ru. The van der Waals surface area contributed by atoms with Crippen LogP contribution in [0, 0.1) is 47.3 Å². The van der Waals surface area contributed by atoms with Crippen molar-refractivity contribution in [3.05, 3.63) is 26.3 Å². The first kappa shape index (κ1) is 49.2. The van der Waals surface area contributed by atoms with Crippen LogP contribution in [0.25, 0.3) is 0 Å². The molecule has 0 radical (unpaired) electrons. The SMILES string of the molecule is [C-]#N.[C-]#N.[C-]#N.[C-]#N.[Ru+4]. The fraction of sp³-hybridized carbons (Fsp3) is 0. The normalized spacial score (nSPS) is 0.889. The minimum atomic E-state index is 0. The fourth-order valence-corrected chi connectivity index (χ4v) is 0. The summed E-state index contributed by atoms with van der Waals surface area (Å²) in [5.74, 6) is 0. The maximum Gasteiger partial charge on any atom is 4.00 e. The number of rotatable bonds is 0. The summed E-state index contributed by atoms with van der Waals surface area (Å²) in [5, 5.41) is 25.0. The summed E-state index contributed by atoms with van der Waals surface area (Å²) in [6.07, 6.45) is 0. The predicted octanol–water partition coefficient (Wildman–Crippen LogP) is 0.383. The van der Waals surface area contributed by atoms with E-state index in [-0.39, 0.29) is 19.5 Å². The zero-order chi connectivity index (χ0) is 8.00. The van der Waals surface area contributed by atoms with Crippen molar-refractivity contribution in [2.45, 2.75) is 0 Å². The molecule has 0 aliphatic rings. The van der Waals surface area contributed by atoms with E-state index in [4.69, 9.17) is 47.3 Å². The smallest absolute Gasteiger partial charge is 0.512 e. The summed E-state index contributed by atoms with van der Waals surface area (Å²) in [6, 6.07) is 0. The molecule has 0 heterocycles. The average Bonchev–Trinajstić information content (AvgIpc) is 2.03. The molecule has 0 bridgehead atoms. The Morgan fingerprint density at radius 2 is 0.444 bits per heavy atom. The maximum atomic E-state index is 6.25. The molecule has 0 fully saturated rings. The van der Waals surface area contributed by atoms with Gasteiger partial charge >= 0.3 is 19.5 Å². The van der Waals surface area contributed by atoms with E-state index < -0.39 is 0 Å². The molecule has 0 saturated heterocycles. The molecule has 4 nitrogen and oxygen atoms in total. The van der Waals surface area contributed by atoms with Gasteiger partial charge in [-0.3, -0.25) is 0 Å². The predicted molar refractivity (Wildman–Crippen MR) is 19.9 cm³/mol. The summed E-state index contributed by atoms with van der Waals surface area (Å²) in [7, 11) is 0. The van der Waals surface area contributed by atoms with Gasteiger partial charge in [0.05, 0.1) is 0 Å². The third kappa shape index (κ3) is 68.9. The van der Waals surface area contributed by atoms with Gasteiger partial charge in [0.2, 0.25) is 0 Å². The summed E-state index contributed by atoms with van der Waals surface area (Å²) in [6.45, 7) is 19.0. The van der Waals surface area contributed by atoms with E-state index in [1.807, 2.05) is 0 Å². The third-order valence-corrected chi connectivity index (χ3v) is 0. The Hall–Kier alpha value is -1.42. The first-order valence-corrected chi connectivity index (χ1v) is 0.894. The maximum absolute atomic E-state index is 6.25. The van der Waals surface area contributed by atoms with Crippen LogP contribution in [0.3, 0.4) is 0 Å². The van der Waals surface area contributed by atoms with Gasteiger partial charge in [-0.25, -0.2) is 0 Å². The summed E-state index contributed by atoms with van der Waals surface area (Å²) < 4.78 is 0. The van der Waals surface area contributed by atoms with Crippen molar-refractivity contribution < 1.29 is 19.5 Å². The first-order chi connectivity index (χ1) is 4.00. The van der Waals surface area contributed by atoms with Crippen LogP contribution in [-0.4, -0.2) is 0 Å². The number of nitrogens with zero attached hydrogens (tertiary/aromatic N) is 4. The molecule has 0 saturated carbocycles. The quantitative estimate of drug-likeness (QED) is 0.422. The van der Waals surface area contributed by atoms with Crippen molar-refractivity contribution in [1.29, 1.82) is 21.0 Å². The Morgan fingerprint density at radius 3 is 0.444 bits per heavy atom. The molecular weight excluding hydrogens is 205 g/mol. The summed E-state index contributed by atoms with van der Waals surface area (Å²) >= 11 is 0. The zero-order valence-corrected chi connectivity index (χ0v) is 5.88. The van der Waals surface area contributed by atoms with Crippen LogP contribution in [0.2, 0.25) is 0 Å². The van der Waals surface area contributed by atoms with Crippen molar-refractivity contribution >= 4 is 0 Å². The minimum Gasteiger partial charge on any atom is -0.512 e. The Labute approximate surface area is 67.3 Å². The van der Waals surface area contributed by atoms with Gasteiger partial charge < -0.3 is 47.3 Å². The van der Waals surface area contributed by atoms with Gasteiger partial charge in [-0.2, -0.15) is 0 Å². The van der Waals surface area contributed by atoms with Crippen LogP contribution in [-0.2, 0) is 19.5 Å². The molecule has 0 amide bonds. The van der Waals surface area contributed by atoms with E-state index in [0.29, 0.717) is 0 Å². The van der Waals surface area contributed by atoms with Gasteiger partial charge in [-0.05, 0) is 0 Å². The Bertz CT molecular complexity index is 55.5. The first-order valence-electron chi connectivity index (χ1n) is 0.894. The second kappa shape index (κ2) is 102. The largest absolute Gasteiger partial charge is 4.00 e. The average molecular weight is 205 g/mol. The standard InChI is InChI=1S/4CN.Ru/c4*1-2;/q4*-1;+4. The van der Waals surface area contributed by atoms with Crippen molar-refractivity contribution in [2.24, 2.45) is 0 Å². The van der Waals surface area contributed by atoms with Crippen molar-refractivity contribution in [1.82, 2.24) is 0 Å². The van der Waals surface area contributed by atoms with E-state index in [0.717, 1.165) is 0 Å². The van der Waals surface area contributed by atoms with Crippen molar-refractivity contribution in [3.8, 4) is 0 Å². The number of hydrogen-bond acceptors (Lipinski definition) is 4. The van der Waals surface area contributed by atoms with Gasteiger partial charge in [0, 0.05) is 0 Å². The minimum absolute atomic E-state index is 0. The molecule has 44 valence electrons. The molecule has 0 aromatic carbocycles. The summed E-state index contributed by atoms with van der Waals surface area (Å²) in [5.41, 5.74) is 0. The van der Waals surface area contributed by atoms with Crippen LogP contribution in [0.5, 0.6) is 0 Å². The Balaban J connectivity index is -0.00000000762. The number of hydrogen-bond donors (Lipinski definition) is 0. The molecule has 0 aromatic heterocycles. The van der Waals surface area contributed by atoms with Crippen molar-refractivity contribution in [3.63, 3.8) is 0 Å². The van der Waals surface area contributed by atoms with Crippen LogP contribution in [0.15, 0.2) is 0 Å². The topological polar surface area (TPSA) is 95.2 Å². The van der Waals surface area contributed by atoms with Gasteiger partial charge in [0.25, 0.3) is 0 Å². The van der Waals surface area contributed by atoms with Gasteiger partial charge in [-0.1, -0.05) is 0 Å². The van der Waals surface area contributed by atoms with Gasteiger partial charge in [0.15, 0.2) is 0 Å². The van der Waals surface area contributed by atoms with Gasteiger partial charge in [-0.15, -0.1) is 0 Å². The van der Waals surface area contributed by atoms with E-state index in [2.05, 4.69) is 0 Å². The molecule has 9 heavy (non-hydrogen) atoms. The molecule has 0 aliphatic heterocycles. The molecule has 0 atom stereocenters. The molecule has 0 unspecified atom stereocenters. The molecule has 5 heteroatoms. The molecule has 0 aromatic rings. The molecule has 0 N–H and O–H groups in total. The monoisotopic (exact) mass is 206 g/mol. The van der Waals surface area contributed by atoms with E-state index in [1.165, 1.54) is 0 Å². The van der Waals surface area contributed by atoms with Crippen molar-refractivity contribution in [2.75, 3.05) is 0 Å². The van der Waals surface area contributed by atoms with Gasteiger partial charge in [0.1, 0.15) is 0 Å².